The first-order valence-corrected chi connectivity index (χ1v) is 8.45. The molecule has 2 aromatic heterocycles. The summed E-state index contributed by atoms with van der Waals surface area (Å²) < 4.78 is 27.6. The molecule has 0 radical (unpaired) electrons. The van der Waals surface area contributed by atoms with Gasteiger partial charge in [0.05, 0.1) is 15.7 Å². The van der Waals surface area contributed by atoms with E-state index in [1.165, 1.54) is 23.7 Å². The standard InChI is InChI=1S/C10H11BrN4O2S2/c1-2-12-7-4-3-5-13-9(7)19(16,17)15-10-14-6-8(11)18-10/h3-6,12H,2H2,1H3,(H,14,15). The highest BCUT2D eigenvalue weighted by Gasteiger charge is 2.21. The lowest BCUT2D eigenvalue weighted by atomic mass is 10.4. The molecule has 2 heterocycles. The first-order chi connectivity index (χ1) is 9.03. The number of hydrogen-bond donors (Lipinski definition) is 2. The van der Waals surface area contributed by atoms with Gasteiger partial charge in [-0.2, -0.15) is 8.42 Å². The van der Waals surface area contributed by atoms with Crippen molar-refractivity contribution in [2.75, 3.05) is 16.6 Å². The summed E-state index contributed by atoms with van der Waals surface area (Å²) in [6.07, 6.45) is 2.97. The number of thiazole rings is 1. The van der Waals surface area contributed by atoms with Gasteiger partial charge in [0, 0.05) is 12.7 Å². The van der Waals surface area contributed by atoms with Crippen LogP contribution in [0.5, 0.6) is 0 Å². The van der Waals surface area contributed by atoms with E-state index in [4.69, 9.17) is 0 Å². The maximum atomic E-state index is 12.2. The van der Waals surface area contributed by atoms with Gasteiger partial charge in [-0.25, -0.2) is 9.97 Å². The summed E-state index contributed by atoms with van der Waals surface area (Å²) in [5.41, 5.74) is 0.466. The summed E-state index contributed by atoms with van der Waals surface area (Å²) in [6.45, 7) is 2.49. The molecule has 0 spiro atoms. The zero-order valence-electron chi connectivity index (χ0n) is 9.92. The van der Waals surface area contributed by atoms with Crippen LogP contribution in [0, 0.1) is 0 Å². The Kier molecular flexibility index (Phi) is 4.38. The van der Waals surface area contributed by atoms with Crippen molar-refractivity contribution in [2.45, 2.75) is 11.9 Å². The molecule has 9 heteroatoms. The molecule has 0 unspecified atom stereocenters. The van der Waals surface area contributed by atoms with E-state index in [1.54, 1.807) is 12.1 Å². The molecule has 0 saturated carbocycles. The van der Waals surface area contributed by atoms with Crippen LogP contribution in [0.3, 0.4) is 0 Å². The lowest BCUT2D eigenvalue weighted by Crippen LogP contribution is -2.16. The molecule has 102 valence electrons. The smallest absolute Gasteiger partial charge is 0.283 e. The second-order valence-electron chi connectivity index (χ2n) is 3.46. The Bertz CT molecular complexity index is 672. The van der Waals surface area contributed by atoms with E-state index in [9.17, 15) is 8.42 Å². The number of pyridine rings is 1. The maximum Gasteiger partial charge on any atom is 0.283 e. The second-order valence-corrected chi connectivity index (χ2v) is 7.47. The van der Waals surface area contributed by atoms with Crippen molar-refractivity contribution in [2.24, 2.45) is 0 Å². The molecule has 2 aromatic rings. The van der Waals surface area contributed by atoms with Crippen molar-refractivity contribution in [1.82, 2.24) is 9.97 Å². The summed E-state index contributed by atoms with van der Waals surface area (Å²) in [4.78, 5) is 7.86. The van der Waals surface area contributed by atoms with Crippen LogP contribution >= 0.6 is 27.3 Å². The van der Waals surface area contributed by atoms with Crippen LogP contribution in [0.25, 0.3) is 0 Å². The quantitative estimate of drug-likeness (QED) is 0.853. The van der Waals surface area contributed by atoms with Gasteiger partial charge in [-0.1, -0.05) is 11.3 Å². The number of anilines is 2. The maximum absolute atomic E-state index is 12.2. The van der Waals surface area contributed by atoms with E-state index < -0.39 is 10.0 Å². The normalized spacial score (nSPS) is 11.3. The predicted octanol–water partition coefficient (Wildman–Crippen LogP) is 2.53. The monoisotopic (exact) mass is 362 g/mol. The second kappa shape index (κ2) is 5.85. The van der Waals surface area contributed by atoms with Crippen LogP contribution in [0.2, 0.25) is 0 Å². The number of aromatic nitrogens is 2. The Balaban J connectivity index is 2.34. The molecule has 6 nitrogen and oxygen atoms in total. The molecular formula is C10H11BrN4O2S2. The fourth-order valence-electron chi connectivity index (χ4n) is 1.39. The molecule has 0 aliphatic rings. The molecule has 0 saturated heterocycles. The summed E-state index contributed by atoms with van der Waals surface area (Å²) in [5.74, 6) is 0. The highest BCUT2D eigenvalue weighted by Crippen LogP contribution is 2.26. The highest BCUT2D eigenvalue weighted by molar-refractivity contribution is 9.11. The molecule has 2 rings (SSSR count). The van der Waals surface area contributed by atoms with Gasteiger partial charge in [-0.05, 0) is 35.0 Å². The van der Waals surface area contributed by atoms with Crippen LogP contribution in [-0.2, 0) is 10.0 Å². The predicted molar refractivity (Wildman–Crippen MR) is 79.0 cm³/mol. The number of halogens is 1. The highest BCUT2D eigenvalue weighted by atomic mass is 79.9. The van der Waals surface area contributed by atoms with Crippen molar-refractivity contribution in [1.29, 1.82) is 0 Å². The largest absolute Gasteiger partial charge is 0.383 e. The molecule has 0 amide bonds. The Morgan fingerprint density at radius 1 is 1.42 bits per heavy atom. The van der Waals surface area contributed by atoms with Gasteiger partial charge in [0.15, 0.2) is 10.2 Å². The minimum absolute atomic E-state index is 0.0387. The summed E-state index contributed by atoms with van der Waals surface area (Å²) in [7, 11) is -3.75. The average Bonchev–Trinajstić information content (AvgIpc) is 2.75. The van der Waals surface area contributed by atoms with Gasteiger partial charge >= 0.3 is 0 Å². The van der Waals surface area contributed by atoms with Crippen LogP contribution in [0.1, 0.15) is 6.92 Å². The van der Waals surface area contributed by atoms with Crippen molar-refractivity contribution in [3.8, 4) is 0 Å². The third-order valence-corrected chi connectivity index (χ3v) is 4.91. The lowest BCUT2D eigenvalue weighted by molar-refractivity contribution is 0.598. The van der Waals surface area contributed by atoms with Crippen molar-refractivity contribution in [3.63, 3.8) is 0 Å². The van der Waals surface area contributed by atoms with Gasteiger partial charge in [-0.3, -0.25) is 4.72 Å². The Morgan fingerprint density at radius 3 is 2.84 bits per heavy atom. The van der Waals surface area contributed by atoms with Gasteiger partial charge in [0.2, 0.25) is 0 Å². The van der Waals surface area contributed by atoms with E-state index >= 15 is 0 Å². The van der Waals surface area contributed by atoms with Crippen LogP contribution in [0.15, 0.2) is 33.3 Å². The molecule has 19 heavy (non-hydrogen) atoms. The van der Waals surface area contributed by atoms with Crippen LogP contribution in [-0.4, -0.2) is 24.9 Å². The Labute approximate surface area is 123 Å². The van der Waals surface area contributed by atoms with E-state index in [0.29, 0.717) is 17.4 Å². The van der Waals surface area contributed by atoms with Crippen molar-refractivity contribution in [3.05, 3.63) is 28.3 Å². The fraction of sp³-hybridized carbons (Fsp3) is 0.200. The van der Waals surface area contributed by atoms with Crippen LogP contribution < -0.4 is 10.0 Å². The summed E-state index contributed by atoms with van der Waals surface area (Å²) in [6, 6.07) is 3.35. The molecular weight excluding hydrogens is 352 g/mol. The van der Waals surface area contributed by atoms with E-state index in [2.05, 4.69) is 35.9 Å². The number of nitrogens with one attached hydrogen (secondary N) is 2. The number of rotatable bonds is 5. The first kappa shape index (κ1) is 14.2. The molecule has 0 aliphatic carbocycles. The van der Waals surface area contributed by atoms with Gasteiger partial charge in [0.1, 0.15) is 0 Å². The number of sulfonamides is 1. The van der Waals surface area contributed by atoms with E-state index in [1.807, 2.05) is 6.92 Å². The molecule has 0 bridgehead atoms. The lowest BCUT2D eigenvalue weighted by Gasteiger charge is -2.10. The van der Waals surface area contributed by atoms with E-state index in [-0.39, 0.29) is 5.03 Å². The molecule has 0 aliphatic heterocycles. The number of nitrogens with zero attached hydrogens (tertiary/aromatic N) is 2. The van der Waals surface area contributed by atoms with Gasteiger partial charge < -0.3 is 5.32 Å². The summed E-state index contributed by atoms with van der Waals surface area (Å²) >= 11 is 4.42. The molecule has 2 N–H and O–H groups in total. The molecule has 0 fully saturated rings. The SMILES string of the molecule is CCNc1cccnc1S(=O)(=O)Nc1ncc(Br)s1. The third kappa shape index (κ3) is 3.43. The Morgan fingerprint density at radius 2 is 2.21 bits per heavy atom. The first-order valence-electron chi connectivity index (χ1n) is 5.36. The number of hydrogen-bond acceptors (Lipinski definition) is 6. The third-order valence-electron chi connectivity index (χ3n) is 2.09. The molecule has 0 atom stereocenters. The summed E-state index contributed by atoms with van der Waals surface area (Å²) in [5, 5.41) is 3.22. The fourth-order valence-corrected chi connectivity index (χ4v) is 3.86. The van der Waals surface area contributed by atoms with Crippen LogP contribution in [0.4, 0.5) is 10.8 Å². The minimum Gasteiger partial charge on any atom is -0.383 e. The topological polar surface area (TPSA) is 84.0 Å². The van der Waals surface area contributed by atoms with Gasteiger partial charge in [-0.15, -0.1) is 0 Å². The van der Waals surface area contributed by atoms with E-state index in [0.717, 1.165) is 3.79 Å². The van der Waals surface area contributed by atoms with Crippen molar-refractivity contribution >= 4 is 48.1 Å². The van der Waals surface area contributed by atoms with Crippen molar-refractivity contribution < 1.29 is 8.42 Å². The average molecular weight is 363 g/mol. The Hall–Kier alpha value is -1.19. The zero-order valence-corrected chi connectivity index (χ0v) is 13.1. The van der Waals surface area contributed by atoms with Gasteiger partial charge in [0.25, 0.3) is 10.0 Å². The minimum atomic E-state index is -3.75. The zero-order chi connectivity index (χ0) is 13.9. The molecule has 0 aromatic carbocycles.